The first-order valence-electron chi connectivity index (χ1n) is 7.95. The summed E-state index contributed by atoms with van der Waals surface area (Å²) in [6.45, 7) is 0.432. The topological polar surface area (TPSA) is 85.4 Å². The van der Waals surface area contributed by atoms with Gasteiger partial charge in [-0.25, -0.2) is 4.98 Å². The minimum Gasteiger partial charge on any atom is -0.489 e. The van der Waals surface area contributed by atoms with Gasteiger partial charge in [-0.05, 0) is 29.8 Å². The quantitative estimate of drug-likeness (QED) is 0.638. The molecule has 26 heavy (non-hydrogen) atoms. The van der Waals surface area contributed by atoms with Crippen molar-refractivity contribution in [3.8, 4) is 11.6 Å². The van der Waals surface area contributed by atoms with Crippen molar-refractivity contribution in [2.75, 3.05) is 12.5 Å². The molecule has 2 aromatic carbocycles. The molecule has 0 spiro atoms. The van der Waals surface area contributed by atoms with E-state index < -0.39 is 0 Å². The van der Waals surface area contributed by atoms with Gasteiger partial charge < -0.3 is 9.47 Å². The lowest BCUT2D eigenvalue weighted by Crippen LogP contribution is -2.30. The summed E-state index contributed by atoms with van der Waals surface area (Å²) in [5, 5.41) is 0. The molecule has 3 rings (SSSR count). The van der Waals surface area contributed by atoms with Crippen LogP contribution in [0.25, 0.3) is 0 Å². The molecule has 1 aromatic heterocycles. The normalized spacial score (nSPS) is 10.0. The number of aromatic nitrogens is 2. The van der Waals surface area contributed by atoms with Crippen LogP contribution in [0, 0.1) is 0 Å². The van der Waals surface area contributed by atoms with E-state index in [1.54, 1.807) is 18.2 Å². The smallest absolute Gasteiger partial charge is 0.269 e. The van der Waals surface area contributed by atoms with Gasteiger partial charge in [0.2, 0.25) is 11.8 Å². The van der Waals surface area contributed by atoms with Gasteiger partial charge in [0, 0.05) is 17.8 Å². The summed E-state index contributed by atoms with van der Waals surface area (Å²) in [6.07, 6.45) is 1.53. The Morgan fingerprint density at radius 1 is 1.04 bits per heavy atom. The highest BCUT2D eigenvalue weighted by Crippen LogP contribution is 2.12. The van der Waals surface area contributed by atoms with Crippen LogP contribution in [0.1, 0.15) is 15.9 Å². The monoisotopic (exact) mass is 350 g/mol. The summed E-state index contributed by atoms with van der Waals surface area (Å²) < 4.78 is 10.7. The maximum absolute atomic E-state index is 12.2. The third-order valence-electron chi connectivity index (χ3n) is 3.49. The number of hydrazine groups is 1. The SMILES string of the molecule is COc1ccnc(NNC(=O)c2ccc(COc3ccccc3)cc2)n1. The summed E-state index contributed by atoms with van der Waals surface area (Å²) >= 11 is 0. The van der Waals surface area contributed by atoms with Crippen molar-refractivity contribution in [3.05, 3.63) is 78.0 Å². The van der Waals surface area contributed by atoms with Gasteiger partial charge in [-0.2, -0.15) is 4.98 Å². The zero-order valence-corrected chi connectivity index (χ0v) is 14.2. The van der Waals surface area contributed by atoms with Crippen LogP contribution in [-0.2, 0) is 6.61 Å². The van der Waals surface area contributed by atoms with E-state index in [2.05, 4.69) is 20.8 Å². The van der Waals surface area contributed by atoms with Gasteiger partial charge in [-0.1, -0.05) is 30.3 Å². The number of nitrogens with zero attached hydrogens (tertiary/aromatic N) is 2. The fourth-order valence-corrected chi connectivity index (χ4v) is 2.14. The molecule has 0 aliphatic rings. The summed E-state index contributed by atoms with van der Waals surface area (Å²) in [5.74, 6) is 1.15. The lowest BCUT2D eigenvalue weighted by atomic mass is 10.1. The molecule has 7 heteroatoms. The standard InChI is InChI=1S/C19H18N4O3/c1-25-17-11-12-20-19(21-17)23-22-18(24)15-9-7-14(8-10-15)13-26-16-5-3-2-4-6-16/h2-12H,13H2,1H3,(H,22,24)(H,20,21,23). The predicted octanol–water partition coefficient (Wildman–Crippen LogP) is 2.82. The molecule has 132 valence electrons. The highest BCUT2D eigenvalue weighted by Gasteiger charge is 2.06. The number of hydrogen-bond acceptors (Lipinski definition) is 6. The number of anilines is 1. The van der Waals surface area contributed by atoms with E-state index >= 15 is 0 Å². The number of methoxy groups -OCH3 is 1. The van der Waals surface area contributed by atoms with Gasteiger partial charge in [0.25, 0.3) is 5.91 Å². The first-order chi connectivity index (χ1) is 12.7. The Bertz CT molecular complexity index is 854. The molecular weight excluding hydrogens is 332 g/mol. The molecule has 1 amide bonds. The highest BCUT2D eigenvalue weighted by atomic mass is 16.5. The lowest BCUT2D eigenvalue weighted by Gasteiger charge is -2.09. The average Bonchev–Trinajstić information content (AvgIpc) is 2.72. The second kappa shape index (κ2) is 8.48. The molecule has 7 nitrogen and oxygen atoms in total. The number of nitrogens with one attached hydrogen (secondary N) is 2. The first-order valence-corrected chi connectivity index (χ1v) is 7.95. The average molecular weight is 350 g/mol. The summed E-state index contributed by atoms with van der Waals surface area (Å²) in [7, 11) is 1.51. The van der Waals surface area contributed by atoms with E-state index in [9.17, 15) is 4.79 Å². The van der Waals surface area contributed by atoms with Gasteiger partial charge in [0.05, 0.1) is 7.11 Å². The first kappa shape index (κ1) is 17.2. The van der Waals surface area contributed by atoms with Crippen LogP contribution in [0.3, 0.4) is 0 Å². The third kappa shape index (κ3) is 4.70. The maximum Gasteiger partial charge on any atom is 0.269 e. The van der Waals surface area contributed by atoms with Gasteiger partial charge in [-0.3, -0.25) is 15.6 Å². The highest BCUT2D eigenvalue weighted by molar-refractivity contribution is 5.94. The van der Waals surface area contributed by atoms with E-state index in [1.807, 2.05) is 42.5 Å². The van der Waals surface area contributed by atoms with Gasteiger partial charge in [0.1, 0.15) is 12.4 Å². The molecule has 0 aliphatic heterocycles. The van der Waals surface area contributed by atoms with Crippen LogP contribution >= 0.6 is 0 Å². The number of para-hydroxylation sites is 1. The Hall–Kier alpha value is -3.61. The molecule has 0 fully saturated rings. The van der Waals surface area contributed by atoms with Crippen molar-refractivity contribution in [1.82, 2.24) is 15.4 Å². The number of carbonyl (C=O) groups excluding carboxylic acids is 1. The minimum absolute atomic E-state index is 0.241. The van der Waals surface area contributed by atoms with Crippen molar-refractivity contribution in [2.24, 2.45) is 0 Å². The Morgan fingerprint density at radius 2 is 1.81 bits per heavy atom. The zero-order valence-electron chi connectivity index (χ0n) is 14.2. The zero-order chi connectivity index (χ0) is 18.2. The number of ether oxygens (including phenoxy) is 2. The minimum atomic E-state index is -0.299. The number of hydrogen-bond donors (Lipinski definition) is 2. The molecule has 0 bridgehead atoms. The molecule has 0 unspecified atom stereocenters. The Labute approximate surface area is 151 Å². The number of benzene rings is 2. The predicted molar refractivity (Wildman–Crippen MR) is 96.9 cm³/mol. The van der Waals surface area contributed by atoms with Crippen molar-refractivity contribution < 1.29 is 14.3 Å². The third-order valence-corrected chi connectivity index (χ3v) is 3.49. The van der Waals surface area contributed by atoms with E-state index in [0.717, 1.165) is 11.3 Å². The molecule has 2 N–H and O–H groups in total. The second-order valence-electron chi connectivity index (χ2n) is 5.30. The Kier molecular flexibility index (Phi) is 5.61. The van der Waals surface area contributed by atoms with E-state index in [4.69, 9.17) is 9.47 Å². The van der Waals surface area contributed by atoms with Crippen LogP contribution in [0.15, 0.2) is 66.9 Å². The molecule has 0 saturated carbocycles. The molecular formula is C19H18N4O3. The van der Waals surface area contributed by atoms with E-state index in [0.29, 0.717) is 18.1 Å². The fourth-order valence-electron chi connectivity index (χ4n) is 2.14. The van der Waals surface area contributed by atoms with Crippen molar-refractivity contribution in [3.63, 3.8) is 0 Å². The molecule has 1 heterocycles. The van der Waals surface area contributed by atoms with Gasteiger partial charge in [-0.15, -0.1) is 0 Å². The summed E-state index contributed by atoms with van der Waals surface area (Å²) in [4.78, 5) is 20.2. The lowest BCUT2D eigenvalue weighted by molar-refractivity contribution is 0.0962. The van der Waals surface area contributed by atoms with Crippen LogP contribution in [0.5, 0.6) is 11.6 Å². The molecule has 0 radical (unpaired) electrons. The van der Waals surface area contributed by atoms with Crippen molar-refractivity contribution in [2.45, 2.75) is 6.61 Å². The van der Waals surface area contributed by atoms with Crippen molar-refractivity contribution in [1.29, 1.82) is 0 Å². The van der Waals surface area contributed by atoms with Crippen LogP contribution < -0.4 is 20.3 Å². The molecule has 0 aliphatic carbocycles. The van der Waals surface area contributed by atoms with E-state index in [-0.39, 0.29) is 11.9 Å². The molecule has 0 saturated heterocycles. The van der Waals surface area contributed by atoms with Crippen LogP contribution in [0.4, 0.5) is 5.95 Å². The van der Waals surface area contributed by atoms with E-state index in [1.165, 1.54) is 13.3 Å². The second-order valence-corrected chi connectivity index (χ2v) is 5.30. The largest absolute Gasteiger partial charge is 0.489 e. The van der Waals surface area contributed by atoms with Gasteiger partial charge >= 0.3 is 0 Å². The summed E-state index contributed by atoms with van der Waals surface area (Å²) in [6, 6.07) is 18.3. The molecule has 0 atom stereocenters. The van der Waals surface area contributed by atoms with Gasteiger partial charge in [0.15, 0.2) is 0 Å². The Morgan fingerprint density at radius 3 is 2.54 bits per heavy atom. The molecule has 3 aromatic rings. The fraction of sp³-hybridized carbons (Fsp3) is 0.105. The summed E-state index contributed by atoms with van der Waals surface area (Å²) in [5.41, 5.74) is 6.67. The van der Waals surface area contributed by atoms with Crippen LogP contribution in [0.2, 0.25) is 0 Å². The Balaban J connectivity index is 1.53. The van der Waals surface area contributed by atoms with Crippen LogP contribution in [-0.4, -0.2) is 23.0 Å². The number of carbonyl (C=O) groups is 1. The number of amides is 1. The van der Waals surface area contributed by atoms with Crippen molar-refractivity contribution >= 4 is 11.9 Å². The maximum atomic E-state index is 12.2. The number of rotatable bonds is 7.